The topological polar surface area (TPSA) is 85.5 Å². The van der Waals surface area contributed by atoms with Gasteiger partial charge in [-0.05, 0) is 7.05 Å². The molecule has 1 unspecified atom stereocenters. The summed E-state index contributed by atoms with van der Waals surface area (Å²) in [6.45, 7) is 3.33. The van der Waals surface area contributed by atoms with Crippen LogP contribution < -0.4 is 15.8 Å². The van der Waals surface area contributed by atoms with Gasteiger partial charge in [0.1, 0.15) is 5.82 Å². The number of methoxy groups -OCH3 is 1. The van der Waals surface area contributed by atoms with Crippen LogP contribution in [0.4, 0.5) is 11.8 Å². The van der Waals surface area contributed by atoms with Gasteiger partial charge in [-0.3, -0.25) is 0 Å². The Morgan fingerprint density at radius 3 is 3.17 bits per heavy atom. The van der Waals surface area contributed by atoms with E-state index in [4.69, 9.17) is 15.2 Å². The van der Waals surface area contributed by atoms with Crippen molar-refractivity contribution >= 4 is 11.8 Å². The number of likely N-dealkylation sites (N-methyl/N-ethyl adjacent to an activating group) is 1. The molecule has 2 heterocycles. The summed E-state index contributed by atoms with van der Waals surface area (Å²) in [6.07, 6.45) is 0.158. The lowest BCUT2D eigenvalue weighted by Gasteiger charge is -2.30. The fourth-order valence-corrected chi connectivity index (χ4v) is 1.85. The molecule has 1 saturated heterocycles. The van der Waals surface area contributed by atoms with Gasteiger partial charge in [0.15, 0.2) is 0 Å². The number of nitrogen functional groups attached to an aromatic ring is 1. The Bertz CT molecular complexity index is 401. The Morgan fingerprint density at radius 1 is 1.61 bits per heavy atom. The highest BCUT2D eigenvalue weighted by molar-refractivity contribution is 5.42. The Kier molecular flexibility index (Phi) is 4.16. The summed E-state index contributed by atoms with van der Waals surface area (Å²) in [7, 11) is 3.63. The molecule has 2 rings (SSSR count). The minimum atomic E-state index is 0.158. The van der Waals surface area contributed by atoms with Gasteiger partial charge in [-0.1, -0.05) is 0 Å². The molecule has 18 heavy (non-hydrogen) atoms. The molecule has 0 radical (unpaired) electrons. The maximum absolute atomic E-state index is 5.65. The number of aromatic nitrogens is 2. The monoisotopic (exact) mass is 253 g/mol. The summed E-state index contributed by atoms with van der Waals surface area (Å²) in [5, 5.41) is 3.19. The van der Waals surface area contributed by atoms with Gasteiger partial charge in [-0.25, -0.2) is 0 Å². The molecule has 1 aliphatic heterocycles. The molecular formula is C11H19N5O2. The highest BCUT2D eigenvalue weighted by atomic mass is 16.5. The number of hydrogen-bond donors (Lipinski definition) is 2. The number of hydrogen-bond acceptors (Lipinski definition) is 7. The first kappa shape index (κ1) is 12.8. The standard InChI is InChI=1S/C11H19N5O2/c1-16-3-4-18-8(7-16)6-13-9-5-10(17-2)15-11(12)14-9/h5,8H,3-4,6-7H2,1-2H3,(H3,12,13,14,15). The van der Waals surface area contributed by atoms with Crippen LogP contribution in [-0.4, -0.2) is 61.4 Å². The fraction of sp³-hybridized carbons (Fsp3) is 0.636. The molecule has 7 nitrogen and oxygen atoms in total. The molecule has 0 saturated carbocycles. The molecule has 1 aliphatic rings. The Morgan fingerprint density at radius 2 is 2.44 bits per heavy atom. The van der Waals surface area contributed by atoms with Crippen LogP contribution in [0, 0.1) is 0 Å². The van der Waals surface area contributed by atoms with E-state index in [0.29, 0.717) is 18.2 Å². The lowest BCUT2D eigenvalue weighted by atomic mass is 10.3. The van der Waals surface area contributed by atoms with Crippen molar-refractivity contribution in [3.8, 4) is 5.88 Å². The van der Waals surface area contributed by atoms with Crippen LogP contribution >= 0.6 is 0 Å². The predicted molar refractivity (Wildman–Crippen MR) is 68.7 cm³/mol. The van der Waals surface area contributed by atoms with E-state index in [2.05, 4.69) is 27.2 Å². The summed E-state index contributed by atoms with van der Waals surface area (Å²) in [6, 6.07) is 1.71. The largest absolute Gasteiger partial charge is 0.481 e. The zero-order valence-electron chi connectivity index (χ0n) is 10.7. The Balaban J connectivity index is 1.91. The van der Waals surface area contributed by atoms with Crippen molar-refractivity contribution in [3.63, 3.8) is 0 Å². The van der Waals surface area contributed by atoms with Gasteiger partial charge >= 0.3 is 0 Å². The fourth-order valence-electron chi connectivity index (χ4n) is 1.85. The summed E-state index contributed by atoms with van der Waals surface area (Å²) >= 11 is 0. The molecular weight excluding hydrogens is 234 g/mol. The first-order valence-corrected chi connectivity index (χ1v) is 5.90. The zero-order valence-corrected chi connectivity index (χ0v) is 10.7. The highest BCUT2D eigenvalue weighted by Crippen LogP contribution is 2.14. The number of ether oxygens (including phenoxy) is 2. The van der Waals surface area contributed by atoms with Gasteiger partial charge in [-0.2, -0.15) is 9.97 Å². The number of nitrogens with zero attached hydrogens (tertiary/aromatic N) is 3. The molecule has 0 spiro atoms. The van der Waals surface area contributed by atoms with Crippen LogP contribution in [0.2, 0.25) is 0 Å². The number of rotatable bonds is 4. The molecule has 0 aliphatic carbocycles. The molecule has 0 amide bonds. The molecule has 1 aromatic heterocycles. The Hall–Kier alpha value is -1.60. The third-order valence-corrected chi connectivity index (χ3v) is 2.78. The molecule has 1 aromatic rings. The number of nitrogens with one attached hydrogen (secondary N) is 1. The van der Waals surface area contributed by atoms with Crippen molar-refractivity contribution in [1.82, 2.24) is 14.9 Å². The van der Waals surface area contributed by atoms with Crippen molar-refractivity contribution in [3.05, 3.63) is 6.07 Å². The van der Waals surface area contributed by atoms with Crippen LogP contribution in [-0.2, 0) is 4.74 Å². The van der Waals surface area contributed by atoms with E-state index < -0.39 is 0 Å². The summed E-state index contributed by atoms with van der Waals surface area (Å²) in [5.41, 5.74) is 5.58. The molecule has 0 aromatic carbocycles. The SMILES string of the molecule is COc1cc(NCC2CN(C)CCO2)nc(N)n1. The molecule has 0 bridgehead atoms. The smallest absolute Gasteiger partial charge is 0.225 e. The van der Waals surface area contributed by atoms with Crippen molar-refractivity contribution in [2.24, 2.45) is 0 Å². The van der Waals surface area contributed by atoms with Crippen LogP contribution in [0.15, 0.2) is 6.07 Å². The quantitative estimate of drug-likeness (QED) is 0.769. The minimum absolute atomic E-state index is 0.158. The second-order valence-electron chi connectivity index (χ2n) is 4.29. The Labute approximate surface area is 106 Å². The van der Waals surface area contributed by atoms with Gasteiger partial charge in [0, 0.05) is 25.7 Å². The lowest BCUT2D eigenvalue weighted by molar-refractivity contribution is -0.0117. The van der Waals surface area contributed by atoms with Crippen molar-refractivity contribution < 1.29 is 9.47 Å². The number of morpholine rings is 1. The van der Waals surface area contributed by atoms with Crippen molar-refractivity contribution in [2.75, 3.05) is 51.4 Å². The summed E-state index contributed by atoms with van der Waals surface area (Å²) in [5.74, 6) is 1.29. The van der Waals surface area contributed by atoms with Crippen LogP contribution in [0.3, 0.4) is 0 Å². The lowest BCUT2D eigenvalue weighted by Crippen LogP contribution is -2.43. The minimum Gasteiger partial charge on any atom is -0.481 e. The maximum Gasteiger partial charge on any atom is 0.225 e. The third kappa shape index (κ3) is 3.44. The zero-order chi connectivity index (χ0) is 13.0. The van der Waals surface area contributed by atoms with Crippen molar-refractivity contribution in [2.45, 2.75) is 6.10 Å². The first-order valence-electron chi connectivity index (χ1n) is 5.90. The molecule has 7 heteroatoms. The summed E-state index contributed by atoms with van der Waals surface area (Å²) < 4.78 is 10.7. The highest BCUT2D eigenvalue weighted by Gasteiger charge is 2.17. The van der Waals surface area contributed by atoms with Gasteiger partial charge in [0.25, 0.3) is 0 Å². The van der Waals surface area contributed by atoms with Gasteiger partial charge < -0.3 is 25.4 Å². The van der Waals surface area contributed by atoms with Gasteiger partial charge in [0.2, 0.25) is 11.8 Å². The average molecular weight is 253 g/mol. The molecule has 3 N–H and O–H groups in total. The second kappa shape index (κ2) is 5.83. The van der Waals surface area contributed by atoms with E-state index in [1.165, 1.54) is 0 Å². The number of anilines is 2. The average Bonchev–Trinajstić information content (AvgIpc) is 2.36. The second-order valence-corrected chi connectivity index (χ2v) is 4.29. The molecule has 1 atom stereocenters. The van der Waals surface area contributed by atoms with Crippen LogP contribution in [0.5, 0.6) is 5.88 Å². The van der Waals surface area contributed by atoms with E-state index in [9.17, 15) is 0 Å². The number of nitrogens with two attached hydrogens (primary N) is 1. The van der Waals surface area contributed by atoms with Gasteiger partial charge in [-0.15, -0.1) is 0 Å². The van der Waals surface area contributed by atoms with E-state index in [1.54, 1.807) is 13.2 Å². The predicted octanol–water partition coefficient (Wildman–Crippen LogP) is -0.190. The van der Waals surface area contributed by atoms with E-state index in [-0.39, 0.29) is 12.1 Å². The van der Waals surface area contributed by atoms with E-state index in [1.807, 2.05) is 0 Å². The first-order chi connectivity index (χ1) is 8.67. The normalized spacial score (nSPS) is 20.7. The van der Waals surface area contributed by atoms with Gasteiger partial charge in [0.05, 0.1) is 19.8 Å². The van der Waals surface area contributed by atoms with E-state index >= 15 is 0 Å². The van der Waals surface area contributed by atoms with Crippen molar-refractivity contribution in [1.29, 1.82) is 0 Å². The van der Waals surface area contributed by atoms with E-state index in [0.717, 1.165) is 19.7 Å². The molecule has 100 valence electrons. The molecule has 1 fully saturated rings. The summed E-state index contributed by atoms with van der Waals surface area (Å²) in [4.78, 5) is 10.3. The van der Waals surface area contributed by atoms with Crippen LogP contribution in [0.1, 0.15) is 0 Å². The van der Waals surface area contributed by atoms with Crippen LogP contribution in [0.25, 0.3) is 0 Å². The maximum atomic E-state index is 5.65. The third-order valence-electron chi connectivity index (χ3n) is 2.78.